The van der Waals surface area contributed by atoms with E-state index in [-0.39, 0.29) is 5.91 Å². The van der Waals surface area contributed by atoms with E-state index in [1.807, 2.05) is 43.3 Å². The molecule has 2 heterocycles. The summed E-state index contributed by atoms with van der Waals surface area (Å²) in [5.41, 5.74) is 2.73. The lowest BCUT2D eigenvalue weighted by Crippen LogP contribution is -2.37. The highest BCUT2D eigenvalue weighted by atomic mass is 35.5. The Morgan fingerprint density at radius 2 is 2.00 bits per heavy atom. The topological polar surface area (TPSA) is 68.2 Å². The second-order valence-corrected chi connectivity index (χ2v) is 9.04. The van der Waals surface area contributed by atoms with Crippen LogP contribution in [-0.2, 0) is 4.79 Å². The SMILES string of the molecule is CCC(=O)N1c2ccccc2-c2nnc(SCC(C)C)nc2OC1c1cccc(Cl)c1. The summed E-state index contributed by atoms with van der Waals surface area (Å²) in [6, 6.07) is 14.9. The van der Waals surface area contributed by atoms with Gasteiger partial charge in [0.1, 0.15) is 0 Å². The molecule has 0 N–H and O–H groups in total. The van der Waals surface area contributed by atoms with Crippen molar-refractivity contribution in [1.82, 2.24) is 15.2 Å². The number of carbonyl (C=O) groups excluding carboxylic acids is 1. The molecule has 160 valence electrons. The molecule has 1 atom stereocenters. The van der Waals surface area contributed by atoms with E-state index in [0.29, 0.717) is 39.8 Å². The van der Waals surface area contributed by atoms with E-state index in [1.54, 1.807) is 17.0 Å². The van der Waals surface area contributed by atoms with Gasteiger partial charge in [-0.3, -0.25) is 9.69 Å². The quantitative estimate of drug-likeness (QED) is 0.455. The molecule has 31 heavy (non-hydrogen) atoms. The summed E-state index contributed by atoms with van der Waals surface area (Å²) in [5, 5.41) is 9.86. The minimum Gasteiger partial charge on any atom is -0.447 e. The van der Waals surface area contributed by atoms with E-state index < -0.39 is 6.23 Å². The zero-order chi connectivity index (χ0) is 22.0. The van der Waals surface area contributed by atoms with Crippen molar-refractivity contribution in [2.45, 2.75) is 38.6 Å². The summed E-state index contributed by atoms with van der Waals surface area (Å²) in [7, 11) is 0. The number of fused-ring (bicyclic) bond motifs is 3. The predicted molar refractivity (Wildman–Crippen MR) is 123 cm³/mol. The maximum atomic E-state index is 13.1. The second-order valence-electron chi connectivity index (χ2n) is 7.61. The highest BCUT2D eigenvalue weighted by molar-refractivity contribution is 7.99. The minimum absolute atomic E-state index is 0.0763. The molecule has 0 saturated carbocycles. The Labute approximate surface area is 191 Å². The molecule has 0 radical (unpaired) electrons. The van der Waals surface area contributed by atoms with E-state index in [0.717, 1.165) is 16.9 Å². The van der Waals surface area contributed by atoms with Crippen LogP contribution in [0.2, 0.25) is 5.02 Å². The molecule has 8 heteroatoms. The number of halogens is 1. The van der Waals surface area contributed by atoms with Crippen molar-refractivity contribution in [3.63, 3.8) is 0 Å². The fourth-order valence-corrected chi connectivity index (χ4v) is 4.26. The molecule has 1 amide bonds. The molecule has 0 saturated heterocycles. The normalized spacial score (nSPS) is 15.1. The first kappa shape index (κ1) is 21.6. The number of para-hydroxylation sites is 1. The number of thioether (sulfide) groups is 1. The monoisotopic (exact) mass is 454 g/mol. The van der Waals surface area contributed by atoms with E-state index in [4.69, 9.17) is 16.3 Å². The van der Waals surface area contributed by atoms with Gasteiger partial charge in [0.05, 0.1) is 5.69 Å². The van der Waals surface area contributed by atoms with Crippen LogP contribution in [0.4, 0.5) is 5.69 Å². The Balaban J connectivity index is 1.89. The standard InChI is InChI=1S/C23H23ClN4O2S/c1-4-19(29)28-18-11-6-5-10-17(18)20-21(25-23(27-26-20)31-13-14(2)3)30-22(28)15-8-7-9-16(24)12-15/h5-12,14,22H,4,13H2,1-3H3. The molecule has 0 bridgehead atoms. The molecule has 2 aromatic carbocycles. The summed E-state index contributed by atoms with van der Waals surface area (Å²) in [6.07, 6.45) is -0.409. The lowest BCUT2D eigenvalue weighted by Gasteiger charge is -2.30. The van der Waals surface area contributed by atoms with E-state index in [9.17, 15) is 4.79 Å². The van der Waals surface area contributed by atoms with Gasteiger partial charge in [-0.1, -0.05) is 74.5 Å². The number of benzene rings is 2. The Morgan fingerprint density at radius 3 is 2.74 bits per heavy atom. The fraction of sp³-hybridized carbons (Fsp3) is 0.304. The number of amides is 1. The highest BCUT2D eigenvalue weighted by Gasteiger charge is 2.35. The van der Waals surface area contributed by atoms with Crippen LogP contribution < -0.4 is 9.64 Å². The average molecular weight is 455 g/mol. The van der Waals surface area contributed by atoms with Gasteiger partial charge in [-0.15, -0.1) is 10.2 Å². The fourth-order valence-electron chi connectivity index (χ4n) is 3.33. The van der Waals surface area contributed by atoms with Crippen LogP contribution in [0, 0.1) is 5.92 Å². The maximum Gasteiger partial charge on any atom is 0.247 e. The Bertz CT molecular complexity index is 1110. The lowest BCUT2D eigenvalue weighted by molar-refractivity contribution is -0.120. The summed E-state index contributed by atoms with van der Waals surface area (Å²) in [4.78, 5) is 19.4. The van der Waals surface area contributed by atoms with Gasteiger partial charge in [0, 0.05) is 28.3 Å². The van der Waals surface area contributed by atoms with Gasteiger partial charge in [0.15, 0.2) is 5.69 Å². The first-order valence-corrected chi connectivity index (χ1v) is 11.6. The lowest BCUT2D eigenvalue weighted by atomic mass is 10.1. The van der Waals surface area contributed by atoms with Crippen LogP contribution in [0.3, 0.4) is 0 Å². The number of carbonyl (C=O) groups is 1. The molecule has 1 aliphatic rings. The zero-order valence-corrected chi connectivity index (χ0v) is 19.2. The van der Waals surface area contributed by atoms with Gasteiger partial charge in [0.2, 0.25) is 23.2 Å². The summed E-state index contributed by atoms with van der Waals surface area (Å²) >= 11 is 7.80. The molecule has 6 nitrogen and oxygen atoms in total. The van der Waals surface area contributed by atoms with Gasteiger partial charge in [0.25, 0.3) is 0 Å². The zero-order valence-electron chi connectivity index (χ0n) is 17.6. The van der Waals surface area contributed by atoms with Crippen LogP contribution in [0.1, 0.15) is 39.0 Å². The van der Waals surface area contributed by atoms with Crippen molar-refractivity contribution in [3.05, 3.63) is 59.1 Å². The Kier molecular flexibility index (Phi) is 6.43. The predicted octanol–water partition coefficient (Wildman–Crippen LogP) is 5.77. The largest absolute Gasteiger partial charge is 0.447 e. The Hall–Kier alpha value is -2.64. The number of hydrogen-bond donors (Lipinski definition) is 0. The molecule has 1 aromatic heterocycles. The summed E-state index contributed by atoms with van der Waals surface area (Å²) in [6.45, 7) is 6.11. The molecular formula is C23H23ClN4O2S. The van der Waals surface area contributed by atoms with Gasteiger partial charge in [-0.2, -0.15) is 4.98 Å². The first-order valence-electron chi connectivity index (χ1n) is 10.2. The number of hydrogen-bond acceptors (Lipinski definition) is 6. The summed E-state index contributed by atoms with van der Waals surface area (Å²) in [5.74, 6) is 1.64. The molecule has 3 aromatic rings. The molecule has 1 aliphatic heterocycles. The van der Waals surface area contributed by atoms with Crippen molar-refractivity contribution < 1.29 is 9.53 Å². The number of nitrogens with zero attached hydrogens (tertiary/aromatic N) is 4. The van der Waals surface area contributed by atoms with Crippen LogP contribution in [0.5, 0.6) is 5.88 Å². The Morgan fingerprint density at radius 1 is 1.19 bits per heavy atom. The third kappa shape index (κ3) is 4.52. The van der Waals surface area contributed by atoms with Gasteiger partial charge >= 0.3 is 0 Å². The molecule has 0 fully saturated rings. The van der Waals surface area contributed by atoms with Gasteiger partial charge in [-0.05, 0) is 24.1 Å². The van der Waals surface area contributed by atoms with Crippen molar-refractivity contribution in [2.75, 3.05) is 10.7 Å². The van der Waals surface area contributed by atoms with Gasteiger partial charge < -0.3 is 4.74 Å². The van der Waals surface area contributed by atoms with Crippen LogP contribution in [0.25, 0.3) is 11.3 Å². The maximum absolute atomic E-state index is 13.1. The van der Waals surface area contributed by atoms with Gasteiger partial charge in [-0.25, -0.2) is 0 Å². The van der Waals surface area contributed by atoms with Crippen LogP contribution in [-0.4, -0.2) is 26.8 Å². The second kappa shape index (κ2) is 9.24. The van der Waals surface area contributed by atoms with E-state index in [1.165, 1.54) is 11.8 Å². The average Bonchev–Trinajstić information content (AvgIpc) is 2.91. The summed E-state index contributed by atoms with van der Waals surface area (Å²) < 4.78 is 6.38. The highest BCUT2D eigenvalue weighted by Crippen LogP contribution is 2.43. The third-order valence-electron chi connectivity index (χ3n) is 4.76. The number of ether oxygens (including phenoxy) is 1. The van der Waals surface area contributed by atoms with Crippen molar-refractivity contribution in [1.29, 1.82) is 0 Å². The van der Waals surface area contributed by atoms with E-state index in [2.05, 4.69) is 29.0 Å². The number of anilines is 1. The van der Waals surface area contributed by atoms with Crippen LogP contribution >= 0.6 is 23.4 Å². The first-order chi connectivity index (χ1) is 15.0. The van der Waals surface area contributed by atoms with Crippen molar-refractivity contribution >= 4 is 35.0 Å². The molecule has 4 rings (SSSR count). The number of rotatable bonds is 5. The third-order valence-corrected chi connectivity index (χ3v) is 6.26. The van der Waals surface area contributed by atoms with E-state index >= 15 is 0 Å². The molecule has 0 spiro atoms. The molecular weight excluding hydrogens is 432 g/mol. The molecule has 0 aliphatic carbocycles. The smallest absolute Gasteiger partial charge is 0.247 e. The molecule has 1 unspecified atom stereocenters. The van der Waals surface area contributed by atoms with Crippen LogP contribution in [0.15, 0.2) is 53.7 Å². The number of aromatic nitrogens is 3. The minimum atomic E-state index is -0.729. The van der Waals surface area contributed by atoms with Crippen molar-refractivity contribution in [2.24, 2.45) is 5.92 Å². The van der Waals surface area contributed by atoms with Crippen molar-refractivity contribution in [3.8, 4) is 17.1 Å².